The van der Waals surface area contributed by atoms with E-state index in [9.17, 15) is 13.2 Å². The molecule has 1 aliphatic rings. The molecule has 2 aromatic rings. The molecule has 0 atom stereocenters. The standard InChI is InChI=1S/C18H23F3N2O/c1-11-15-10-14(24-18(19,20)21)8-9-16(15)22-17(11)12-4-6-13(7-5-12)23(2)3/h8-10,12-13,22H,4-7H2,1-3H3. The predicted octanol–water partition coefficient (Wildman–Crippen LogP) is 4.96. The molecular formula is C18H23F3N2O. The zero-order valence-corrected chi connectivity index (χ0v) is 14.2. The number of aryl methyl sites for hydroxylation is 1. The fourth-order valence-electron chi connectivity index (χ4n) is 3.81. The summed E-state index contributed by atoms with van der Waals surface area (Å²) in [6.07, 6.45) is -0.167. The first-order chi connectivity index (χ1) is 11.2. The summed E-state index contributed by atoms with van der Waals surface area (Å²) in [5.41, 5.74) is 3.06. The van der Waals surface area contributed by atoms with Crippen LogP contribution in [0.1, 0.15) is 42.9 Å². The Kier molecular flexibility index (Phi) is 4.51. The molecule has 1 heterocycles. The van der Waals surface area contributed by atoms with Gasteiger partial charge in [-0.2, -0.15) is 0 Å². The van der Waals surface area contributed by atoms with Crippen molar-refractivity contribution in [2.45, 2.75) is 50.9 Å². The van der Waals surface area contributed by atoms with Gasteiger partial charge in [0, 0.05) is 22.6 Å². The van der Waals surface area contributed by atoms with E-state index in [2.05, 4.69) is 28.7 Å². The second kappa shape index (κ2) is 6.31. The van der Waals surface area contributed by atoms with Gasteiger partial charge < -0.3 is 14.6 Å². The Balaban J connectivity index is 1.84. The van der Waals surface area contributed by atoms with E-state index < -0.39 is 6.36 Å². The van der Waals surface area contributed by atoms with Crippen LogP contribution in [0.4, 0.5) is 13.2 Å². The van der Waals surface area contributed by atoms with Crippen LogP contribution in [0.25, 0.3) is 10.9 Å². The fraction of sp³-hybridized carbons (Fsp3) is 0.556. The summed E-state index contributed by atoms with van der Waals surface area (Å²) in [7, 11) is 4.22. The molecule has 1 N–H and O–H groups in total. The van der Waals surface area contributed by atoms with E-state index in [0.717, 1.165) is 47.8 Å². The molecule has 0 aliphatic heterocycles. The van der Waals surface area contributed by atoms with E-state index in [1.54, 1.807) is 6.07 Å². The lowest BCUT2D eigenvalue weighted by Gasteiger charge is -2.32. The summed E-state index contributed by atoms with van der Waals surface area (Å²) in [6.45, 7) is 1.98. The van der Waals surface area contributed by atoms with Crippen molar-refractivity contribution < 1.29 is 17.9 Å². The number of hydrogen-bond acceptors (Lipinski definition) is 2. The zero-order valence-electron chi connectivity index (χ0n) is 14.2. The maximum absolute atomic E-state index is 12.4. The summed E-state index contributed by atoms with van der Waals surface area (Å²) >= 11 is 0. The minimum Gasteiger partial charge on any atom is -0.406 e. The number of nitrogens with one attached hydrogen (secondary N) is 1. The Labute approximate surface area is 139 Å². The Hall–Kier alpha value is -1.69. The summed E-state index contributed by atoms with van der Waals surface area (Å²) in [4.78, 5) is 5.69. The van der Waals surface area contributed by atoms with Crippen molar-refractivity contribution in [3.8, 4) is 5.75 Å². The number of fused-ring (bicyclic) bond motifs is 1. The van der Waals surface area contributed by atoms with Crippen LogP contribution in [-0.2, 0) is 0 Å². The molecule has 132 valence electrons. The fourth-order valence-corrected chi connectivity index (χ4v) is 3.81. The maximum Gasteiger partial charge on any atom is 0.573 e. The van der Waals surface area contributed by atoms with Crippen molar-refractivity contribution in [3.63, 3.8) is 0 Å². The number of rotatable bonds is 3. The molecule has 3 nitrogen and oxygen atoms in total. The number of hydrogen-bond donors (Lipinski definition) is 1. The average molecular weight is 340 g/mol. The van der Waals surface area contributed by atoms with Gasteiger partial charge in [0.05, 0.1) is 0 Å². The quantitative estimate of drug-likeness (QED) is 0.855. The van der Waals surface area contributed by atoms with Gasteiger partial charge in [0.25, 0.3) is 0 Å². The van der Waals surface area contributed by atoms with E-state index >= 15 is 0 Å². The molecule has 1 aromatic heterocycles. The molecule has 1 saturated carbocycles. The smallest absolute Gasteiger partial charge is 0.406 e. The maximum atomic E-state index is 12.4. The van der Waals surface area contributed by atoms with Crippen molar-refractivity contribution in [1.82, 2.24) is 9.88 Å². The Morgan fingerprint density at radius 3 is 2.38 bits per heavy atom. The van der Waals surface area contributed by atoms with Gasteiger partial charge >= 0.3 is 6.36 Å². The average Bonchev–Trinajstić information content (AvgIpc) is 2.83. The van der Waals surface area contributed by atoms with Gasteiger partial charge in [-0.05, 0) is 76.4 Å². The molecular weight excluding hydrogens is 317 g/mol. The number of benzene rings is 1. The van der Waals surface area contributed by atoms with Gasteiger partial charge in [-0.1, -0.05) is 0 Å². The highest BCUT2D eigenvalue weighted by atomic mass is 19.4. The van der Waals surface area contributed by atoms with Crippen LogP contribution in [0.5, 0.6) is 5.75 Å². The molecule has 0 radical (unpaired) electrons. The van der Waals surface area contributed by atoms with Crippen molar-refractivity contribution >= 4 is 10.9 Å². The molecule has 0 saturated heterocycles. The minimum absolute atomic E-state index is 0.167. The van der Waals surface area contributed by atoms with Crippen LogP contribution >= 0.6 is 0 Å². The summed E-state index contributed by atoms with van der Waals surface area (Å²) < 4.78 is 41.3. The largest absolute Gasteiger partial charge is 0.573 e. The summed E-state index contributed by atoms with van der Waals surface area (Å²) in [5, 5.41) is 0.807. The molecule has 1 fully saturated rings. The van der Waals surface area contributed by atoms with Crippen molar-refractivity contribution in [2.75, 3.05) is 14.1 Å². The third-order valence-electron chi connectivity index (χ3n) is 5.14. The monoisotopic (exact) mass is 340 g/mol. The van der Waals surface area contributed by atoms with Gasteiger partial charge in [-0.25, -0.2) is 0 Å². The summed E-state index contributed by atoms with van der Waals surface area (Å²) in [5.74, 6) is 0.278. The number of ether oxygens (including phenoxy) is 1. The Morgan fingerprint density at radius 1 is 1.12 bits per heavy atom. The first-order valence-corrected chi connectivity index (χ1v) is 8.29. The van der Waals surface area contributed by atoms with Crippen LogP contribution in [0.15, 0.2) is 18.2 Å². The van der Waals surface area contributed by atoms with E-state index in [4.69, 9.17) is 0 Å². The molecule has 3 rings (SSSR count). The van der Waals surface area contributed by atoms with Crippen molar-refractivity contribution in [3.05, 3.63) is 29.5 Å². The highest BCUT2D eigenvalue weighted by Crippen LogP contribution is 2.38. The highest BCUT2D eigenvalue weighted by molar-refractivity contribution is 5.86. The molecule has 0 bridgehead atoms. The summed E-state index contributed by atoms with van der Waals surface area (Å²) in [6, 6.07) is 5.12. The first kappa shape index (κ1) is 17.1. The molecule has 1 aromatic carbocycles. The lowest BCUT2D eigenvalue weighted by Crippen LogP contribution is -2.31. The normalized spacial score (nSPS) is 22.3. The van der Waals surface area contributed by atoms with Crippen LogP contribution in [-0.4, -0.2) is 36.4 Å². The van der Waals surface area contributed by atoms with Crippen molar-refractivity contribution in [2.24, 2.45) is 0 Å². The van der Waals surface area contributed by atoms with Crippen molar-refractivity contribution in [1.29, 1.82) is 0 Å². The third-order valence-corrected chi connectivity index (χ3v) is 5.14. The number of halogens is 3. The van der Waals surface area contributed by atoms with Crippen LogP contribution < -0.4 is 4.74 Å². The second-order valence-electron chi connectivity index (χ2n) is 6.89. The lowest BCUT2D eigenvalue weighted by molar-refractivity contribution is -0.274. The molecule has 24 heavy (non-hydrogen) atoms. The lowest BCUT2D eigenvalue weighted by atomic mass is 9.82. The van der Waals surface area contributed by atoms with Crippen LogP contribution in [0.3, 0.4) is 0 Å². The molecule has 0 unspecified atom stereocenters. The van der Waals surface area contributed by atoms with E-state index in [0.29, 0.717) is 12.0 Å². The topological polar surface area (TPSA) is 28.3 Å². The Morgan fingerprint density at radius 2 is 1.79 bits per heavy atom. The first-order valence-electron chi connectivity index (χ1n) is 8.29. The Bertz CT molecular complexity index is 713. The van der Waals surface area contributed by atoms with Gasteiger partial charge in [0.15, 0.2) is 0 Å². The number of aromatic nitrogens is 1. The van der Waals surface area contributed by atoms with Gasteiger partial charge in [-0.15, -0.1) is 13.2 Å². The van der Waals surface area contributed by atoms with Gasteiger partial charge in [-0.3, -0.25) is 0 Å². The zero-order chi connectivity index (χ0) is 17.5. The molecule has 1 aliphatic carbocycles. The van der Waals surface area contributed by atoms with E-state index in [1.165, 1.54) is 12.1 Å². The predicted molar refractivity (Wildman–Crippen MR) is 88.4 cm³/mol. The van der Waals surface area contributed by atoms with Gasteiger partial charge in [0.1, 0.15) is 5.75 Å². The third kappa shape index (κ3) is 3.53. The number of H-pyrrole nitrogens is 1. The number of nitrogens with zero attached hydrogens (tertiary/aromatic N) is 1. The molecule has 0 amide bonds. The van der Waals surface area contributed by atoms with Gasteiger partial charge in [0.2, 0.25) is 0 Å². The number of alkyl halides is 3. The number of aromatic amines is 1. The van der Waals surface area contributed by atoms with Crippen LogP contribution in [0.2, 0.25) is 0 Å². The van der Waals surface area contributed by atoms with Crippen LogP contribution in [0, 0.1) is 6.92 Å². The molecule has 6 heteroatoms. The minimum atomic E-state index is -4.66. The van der Waals surface area contributed by atoms with E-state index in [1.807, 2.05) is 6.92 Å². The molecule has 0 spiro atoms. The second-order valence-corrected chi connectivity index (χ2v) is 6.89. The highest BCUT2D eigenvalue weighted by Gasteiger charge is 2.31. The van der Waals surface area contributed by atoms with E-state index in [-0.39, 0.29) is 5.75 Å². The SMILES string of the molecule is Cc1c(C2CCC(N(C)C)CC2)[nH]c2ccc(OC(F)(F)F)cc12.